The van der Waals surface area contributed by atoms with Crippen LogP contribution in [-0.2, 0) is 5.88 Å². The molecule has 0 bridgehead atoms. The fourth-order valence-electron chi connectivity index (χ4n) is 2.76. The molecule has 2 rings (SSSR count). The van der Waals surface area contributed by atoms with Gasteiger partial charge in [-0.05, 0) is 37.0 Å². The maximum absolute atomic E-state index is 5.75. The molecule has 0 amide bonds. The second-order valence-corrected chi connectivity index (χ2v) is 6.46. The Morgan fingerprint density at radius 2 is 1.94 bits per heavy atom. The van der Waals surface area contributed by atoms with Crippen molar-refractivity contribution in [2.45, 2.75) is 58.4 Å². The van der Waals surface area contributed by atoms with Crippen LogP contribution in [0.1, 0.15) is 58.2 Å². The fourth-order valence-corrected chi connectivity index (χ4v) is 2.88. The minimum Gasteiger partial charge on any atom is -0.249 e. The van der Waals surface area contributed by atoms with E-state index in [0.29, 0.717) is 17.3 Å². The van der Waals surface area contributed by atoms with Crippen LogP contribution in [-0.4, -0.2) is 15.0 Å². The first-order valence-corrected chi connectivity index (χ1v) is 7.01. The summed E-state index contributed by atoms with van der Waals surface area (Å²) in [6.45, 7) is 7.04. The summed E-state index contributed by atoms with van der Waals surface area (Å²) in [5.74, 6) is 1.30. The highest BCUT2D eigenvalue weighted by Gasteiger charge is 2.30. The first-order chi connectivity index (χ1) is 8.00. The SMILES string of the molecule is CC(C)(C)C1CCC(n2cc(CCl)nn2)CC1. The molecule has 0 N–H and O–H groups in total. The molecule has 1 fully saturated rings. The average Bonchev–Trinajstić information content (AvgIpc) is 2.76. The lowest BCUT2D eigenvalue weighted by Gasteiger charge is -2.36. The molecule has 96 valence electrons. The lowest BCUT2D eigenvalue weighted by Crippen LogP contribution is -2.27. The summed E-state index contributed by atoms with van der Waals surface area (Å²) in [6.07, 6.45) is 7.02. The van der Waals surface area contributed by atoms with Crippen LogP contribution in [0, 0.1) is 11.3 Å². The van der Waals surface area contributed by atoms with Gasteiger partial charge in [-0.3, -0.25) is 0 Å². The molecule has 1 aromatic rings. The van der Waals surface area contributed by atoms with Crippen molar-refractivity contribution < 1.29 is 0 Å². The van der Waals surface area contributed by atoms with Crippen LogP contribution in [0.25, 0.3) is 0 Å². The maximum Gasteiger partial charge on any atom is 0.0974 e. The van der Waals surface area contributed by atoms with Crippen LogP contribution in [0.4, 0.5) is 0 Å². The molecule has 4 heteroatoms. The number of halogens is 1. The molecule has 3 nitrogen and oxygen atoms in total. The van der Waals surface area contributed by atoms with Crippen molar-refractivity contribution in [2.24, 2.45) is 11.3 Å². The summed E-state index contributed by atoms with van der Waals surface area (Å²) < 4.78 is 2.01. The van der Waals surface area contributed by atoms with Crippen LogP contribution >= 0.6 is 11.6 Å². The Kier molecular flexibility index (Phi) is 3.76. The Labute approximate surface area is 109 Å². The molecule has 17 heavy (non-hydrogen) atoms. The van der Waals surface area contributed by atoms with Gasteiger partial charge in [0, 0.05) is 6.20 Å². The van der Waals surface area contributed by atoms with E-state index >= 15 is 0 Å². The number of nitrogens with zero attached hydrogens (tertiary/aromatic N) is 3. The van der Waals surface area contributed by atoms with Gasteiger partial charge in [-0.1, -0.05) is 26.0 Å². The van der Waals surface area contributed by atoms with Crippen molar-refractivity contribution in [3.05, 3.63) is 11.9 Å². The Balaban J connectivity index is 1.95. The second-order valence-electron chi connectivity index (χ2n) is 6.19. The number of hydrogen-bond donors (Lipinski definition) is 0. The number of alkyl halides is 1. The average molecular weight is 256 g/mol. The van der Waals surface area contributed by atoms with E-state index in [1.165, 1.54) is 25.7 Å². The van der Waals surface area contributed by atoms with Crippen LogP contribution in [0.3, 0.4) is 0 Å². The van der Waals surface area contributed by atoms with E-state index in [4.69, 9.17) is 11.6 Å². The first kappa shape index (κ1) is 12.9. The summed E-state index contributed by atoms with van der Waals surface area (Å²) in [5, 5.41) is 8.24. The molecule has 0 aromatic carbocycles. The molecule has 0 radical (unpaired) electrons. The summed E-state index contributed by atoms with van der Waals surface area (Å²) >= 11 is 5.75. The minimum atomic E-state index is 0.439. The molecular weight excluding hydrogens is 234 g/mol. The number of aromatic nitrogens is 3. The van der Waals surface area contributed by atoms with Gasteiger partial charge in [-0.2, -0.15) is 0 Å². The van der Waals surface area contributed by atoms with Crippen molar-refractivity contribution in [1.82, 2.24) is 15.0 Å². The lowest BCUT2D eigenvalue weighted by atomic mass is 9.71. The first-order valence-electron chi connectivity index (χ1n) is 6.47. The monoisotopic (exact) mass is 255 g/mol. The molecule has 1 aliphatic rings. The third-order valence-corrected chi connectivity index (χ3v) is 4.26. The van der Waals surface area contributed by atoms with E-state index in [0.717, 1.165) is 11.6 Å². The van der Waals surface area contributed by atoms with Gasteiger partial charge in [0.25, 0.3) is 0 Å². The molecular formula is C13H22ClN3. The van der Waals surface area contributed by atoms with E-state index in [9.17, 15) is 0 Å². The minimum absolute atomic E-state index is 0.439. The van der Waals surface area contributed by atoms with Gasteiger partial charge in [0.2, 0.25) is 0 Å². The third kappa shape index (κ3) is 3.01. The Morgan fingerprint density at radius 3 is 2.41 bits per heavy atom. The largest absolute Gasteiger partial charge is 0.249 e. The Bertz CT molecular complexity index is 359. The lowest BCUT2D eigenvalue weighted by molar-refractivity contribution is 0.147. The van der Waals surface area contributed by atoms with Gasteiger partial charge in [0.05, 0.1) is 17.6 Å². The van der Waals surface area contributed by atoms with Crippen molar-refractivity contribution in [3.63, 3.8) is 0 Å². The topological polar surface area (TPSA) is 30.7 Å². The number of rotatable bonds is 2. The highest BCUT2D eigenvalue weighted by atomic mass is 35.5. The molecule has 1 aliphatic carbocycles. The predicted molar refractivity (Wildman–Crippen MR) is 70.0 cm³/mol. The van der Waals surface area contributed by atoms with Crippen molar-refractivity contribution in [3.8, 4) is 0 Å². The molecule has 0 saturated heterocycles. The summed E-state index contributed by atoms with van der Waals surface area (Å²) in [6, 6.07) is 0.526. The van der Waals surface area contributed by atoms with Gasteiger partial charge in [0.1, 0.15) is 0 Å². The van der Waals surface area contributed by atoms with Crippen molar-refractivity contribution >= 4 is 11.6 Å². The molecule has 0 aliphatic heterocycles. The Hall–Kier alpha value is -0.570. The van der Waals surface area contributed by atoms with Gasteiger partial charge < -0.3 is 0 Å². The van der Waals surface area contributed by atoms with Crippen LogP contribution < -0.4 is 0 Å². The highest BCUT2D eigenvalue weighted by molar-refractivity contribution is 6.16. The van der Waals surface area contributed by atoms with E-state index in [2.05, 4.69) is 31.1 Å². The molecule has 1 heterocycles. The normalized spacial score (nSPS) is 26.1. The Morgan fingerprint density at radius 1 is 1.29 bits per heavy atom. The van der Waals surface area contributed by atoms with Gasteiger partial charge in [-0.15, -0.1) is 16.7 Å². The molecule has 1 aromatic heterocycles. The maximum atomic E-state index is 5.75. The van der Waals surface area contributed by atoms with Crippen LogP contribution in [0.15, 0.2) is 6.20 Å². The van der Waals surface area contributed by atoms with Crippen LogP contribution in [0.2, 0.25) is 0 Å². The quantitative estimate of drug-likeness (QED) is 0.753. The van der Waals surface area contributed by atoms with Crippen molar-refractivity contribution in [1.29, 1.82) is 0 Å². The zero-order valence-electron chi connectivity index (χ0n) is 11.0. The fraction of sp³-hybridized carbons (Fsp3) is 0.846. The summed E-state index contributed by atoms with van der Waals surface area (Å²) in [7, 11) is 0. The zero-order chi connectivity index (χ0) is 12.5. The van der Waals surface area contributed by atoms with E-state index in [1.807, 2.05) is 10.9 Å². The smallest absolute Gasteiger partial charge is 0.0974 e. The zero-order valence-corrected chi connectivity index (χ0v) is 11.7. The molecule has 1 saturated carbocycles. The predicted octanol–water partition coefficient (Wildman–Crippen LogP) is 3.79. The van der Waals surface area contributed by atoms with Gasteiger partial charge >= 0.3 is 0 Å². The molecule has 0 atom stereocenters. The van der Waals surface area contributed by atoms with Gasteiger partial charge in [0.15, 0.2) is 0 Å². The summed E-state index contributed by atoms with van der Waals surface area (Å²) in [5.41, 5.74) is 1.32. The summed E-state index contributed by atoms with van der Waals surface area (Å²) in [4.78, 5) is 0. The van der Waals surface area contributed by atoms with Crippen LogP contribution in [0.5, 0.6) is 0 Å². The van der Waals surface area contributed by atoms with Crippen molar-refractivity contribution in [2.75, 3.05) is 0 Å². The highest BCUT2D eigenvalue weighted by Crippen LogP contribution is 2.41. The van der Waals surface area contributed by atoms with E-state index in [-0.39, 0.29) is 0 Å². The van der Waals surface area contributed by atoms with Gasteiger partial charge in [-0.25, -0.2) is 4.68 Å². The van der Waals surface area contributed by atoms with E-state index in [1.54, 1.807) is 0 Å². The third-order valence-electron chi connectivity index (χ3n) is 3.99. The standard InChI is InChI=1S/C13H22ClN3/c1-13(2,3)10-4-6-12(7-5-10)17-9-11(8-14)15-16-17/h9-10,12H,4-8H2,1-3H3. The molecule has 0 unspecified atom stereocenters. The van der Waals surface area contributed by atoms with E-state index < -0.39 is 0 Å². The second kappa shape index (κ2) is 4.97. The molecule has 0 spiro atoms. The number of hydrogen-bond acceptors (Lipinski definition) is 2.